The minimum absolute atomic E-state index is 0.0685. The number of carbonyl (C=O) groups excluding carboxylic acids is 2. The highest BCUT2D eigenvalue weighted by atomic mass is 32.2. The third-order valence-corrected chi connectivity index (χ3v) is 5.05. The number of rotatable bonds is 3. The number of para-hydroxylation sites is 1. The van der Waals surface area contributed by atoms with Crippen LogP contribution >= 0.6 is 11.8 Å². The highest BCUT2D eigenvalue weighted by Gasteiger charge is 2.27. The molecule has 1 aromatic carbocycles. The number of hydrogen-bond donors (Lipinski definition) is 2. The molecule has 118 valence electrons. The standard InChI is InChI=1S/C16H16N4O2S/c21-14-6-5-12(17-14)15(22)18-11-4-2-1-3-10(11)13-9-20-7-8-23-16(20)19-13/h1-4,9,12H,5-8H2,(H,17,21)(H,18,22). The molecule has 2 aliphatic heterocycles. The van der Waals surface area contributed by atoms with Crippen molar-refractivity contribution in [2.45, 2.75) is 30.6 Å². The number of fused-ring (bicyclic) bond motifs is 1. The molecule has 23 heavy (non-hydrogen) atoms. The van der Waals surface area contributed by atoms with E-state index in [-0.39, 0.29) is 11.8 Å². The lowest BCUT2D eigenvalue weighted by Crippen LogP contribution is -2.37. The maximum atomic E-state index is 12.3. The van der Waals surface area contributed by atoms with Gasteiger partial charge in [0, 0.05) is 30.5 Å². The molecule has 0 spiro atoms. The Labute approximate surface area is 137 Å². The predicted molar refractivity (Wildman–Crippen MR) is 88.2 cm³/mol. The van der Waals surface area contributed by atoms with Crippen LogP contribution in [0.1, 0.15) is 12.8 Å². The van der Waals surface area contributed by atoms with E-state index in [2.05, 4.69) is 20.2 Å². The van der Waals surface area contributed by atoms with Crippen LogP contribution in [0.25, 0.3) is 11.3 Å². The largest absolute Gasteiger partial charge is 0.344 e. The van der Waals surface area contributed by atoms with Gasteiger partial charge in [-0.15, -0.1) is 0 Å². The van der Waals surface area contributed by atoms with Crippen LogP contribution in [0.15, 0.2) is 35.6 Å². The van der Waals surface area contributed by atoms with Gasteiger partial charge in [-0.1, -0.05) is 30.0 Å². The number of nitrogens with one attached hydrogen (secondary N) is 2. The topological polar surface area (TPSA) is 76.0 Å². The number of nitrogens with zero attached hydrogens (tertiary/aromatic N) is 2. The Balaban J connectivity index is 1.59. The zero-order valence-corrected chi connectivity index (χ0v) is 13.2. The molecule has 0 bridgehead atoms. The molecule has 0 radical (unpaired) electrons. The lowest BCUT2D eigenvalue weighted by molar-refractivity contribution is -0.122. The molecule has 1 fully saturated rings. The number of hydrogen-bond acceptors (Lipinski definition) is 4. The number of imidazole rings is 1. The van der Waals surface area contributed by atoms with E-state index in [1.54, 1.807) is 11.8 Å². The van der Waals surface area contributed by atoms with Gasteiger partial charge in [0.1, 0.15) is 6.04 Å². The van der Waals surface area contributed by atoms with E-state index in [9.17, 15) is 9.59 Å². The van der Waals surface area contributed by atoms with Crippen molar-refractivity contribution in [3.63, 3.8) is 0 Å². The van der Waals surface area contributed by atoms with Gasteiger partial charge in [0.25, 0.3) is 0 Å². The number of aromatic nitrogens is 2. The van der Waals surface area contributed by atoms with E-state index in [0.29, 0.717) is 12.8 Å². The van der Waals surface area contributed by atoms with Crippen molar-refractivity contribution in [3.8, 4) is 11.3 Å². The van der Waals surface area contributed by atoms with Crippen LogP contribution in [0.5, 0.6) is 0 Å². The van der Waals surface area contributed by atoms with E-state index in [4.69, 9.17) is 0 Å². The molecule has 6 nitrogen and oxygen atoms in total. The third kappa shape index (κ3) is 2.72. The Morgan fingerprint density at radius 1 is 1.39 bits per heavy atom. The van der Waals surface area contributed by atoms with Crippen molar-refractivity contribution in [3.05, 3.63) is 30.5 Å². The van der Waals surface area contributed by atoms with Crippen LogP contribution in [0.3, 0.4) is 0 Å². The van der Waals surface area contributed by atoms with Gasteiger partial charge in [-0.2, -0.15) is 0 Å². The van der Waals surface area contributed by atoms with Gasteiger partial charge in [0.15, 0.2) is 5.16 Å². The van der Waals surface area contributed by atoms with Gasteiger partial charge in [0.05, 0.1) is 11.4 Å². The van der Waals surface area contributed by atoms with Crippen LogP contribution in [0, 0.1) is 0 Å². The van der Waals surface area contributed by atoms with Crippen molar-refractivity contribution in [1.82, 2.24) is 14.9 Å². The van der Waals surface area contributed by atoms with Crippen LogP contribution in [0.4, 0.5) is 5.69 Å². The molecule has 1 aromatic heterocycles. The summed E-state index contributed by atoms with van der Waals surface area (Å²) in [4.78, 5) is 28.2. The van der Waals surface area contributed by atoms with Crippen LogP contribution < -0.4 is 10.6 Å². The minimum atomic E-state index is -0.446. The zero-order chi connectivity index (χ0) is 15.8. The highest BCUT2D eigenvalue weighted by molar-refractivity contribution is 7.99. The second-order valence-corrected chi connectivity index (χ2v) is 6.71. The summed E-state index contributed by atoms with van der Waals surface area (Å²) in [5, 5.41) is 6.63. The monoisotopic (exact) mass is 328 g/mol. The van der Waals surface area contributed by atoms with Gasteiger partial charge in [-0.3, -0.25) is 9.59 Å². The Hall–Kier alpha value is -2.28. The van der Waals surface area contributed by atoms with Crippen molar-refractivity contribution < 1.29 is 9.59 Å². The van der Waals surface area contributed by atoms with Gasteiger partial charge in [-0.25, -0.2) is 4.98 Å². The minimum Gasteiger partial charge on any atom is -0.344 e. The number of benzene rings is 1. The molecule has 3 heterocycles. The number of anilines is 1. The maximum Gasteiger partial charge on any atom is 0.246 e. The van der Waals surface area contributed by atoms with Crippen molar-refractivity contribution in [2.75, 3.05) is 11.1 Å². The molecule has 0 aliphatic carbocycles. The molecule has 2 aromatic rings. The summed E-state index contributed by atoms with van der Waals surface area (Å²) in [6.07, 6.45) is 2.98. The fourth-order valence-corrected chi connectivity index (χ4v) is 3.83. The second kappa shape index (κ2) is 5.73. The number of amides is 2. The smallest absolute Gasteiger partial charge is 0.246 e. The molecular weight excluding hydrogens is 312 g/mol. The molecule has 1 saturated heterocycles. The molecule has 0 saturated carbocycles. The lowest BCUT2D eigenvalue weighted by atomic mass is 10.1. The first-order valence-corrected chi connectivity index (χ1v) is 8.59. The Kier molecular flexibility index (Phi) is 3.57. The summed E-state index contributed by atoms with van der Waals surface area (Å²) in [6.45, 7) is 0.968. The molecule has 2 N–H and O–H groups in total. The summed E-state index contributed by atoms with van der Waals surface area (Å²) in [6, 6.07) is 7.18. The van der Waals surface area contributed by atoms with Gasteiger partial charge >= 0.3 is 0 Å². The van der Waals surface area contributed by atoms with Gasteiger partial charge in [0.2, 0.25) is 11.8 Å². The average molecular weight is 328 g/mol. The highest BCUT2D eigenvalue weighted by Crippen LogP contribution is 2.32. The Morgan fingerprint density at radius 2 is 2.26 bits per heavy atom. The Bertz CT molecular complexity index is 765. The molecule has 4 rings (SSSR count). The molecule has 1 unspecified atom stereocenters. The maximum absolute atomic E-state index is 12.3. The molecule has 2 aliphatic rings. The van der Waals surface area contributed by atoms with Gasteiger partial charge < -0.3 is 15.2 Å². The second-order valence-electron chi connectivity index (χ2n) is 5.64. The fraction of sp³-hybridized carbons (Fsp3) is 0.312. The first kappa shape index (κ1) is 14.3. The molecule has 7 heteroatoms. The molecule has 2 amide bonds. The van der Waals surface area contributed by atoms with Crippen LogP contribution in [-0.2, 0) is 16.1 Å². The normalized spacial score (nSPS) is 19.5. The van der Waals surface area contributed by atoms with E-state index in [1.807, 2.05) is 30.5 Å². The van der Waals surface area contributed by atoms with E-state index in [1.165, 1.54) is 0 Å². The summed E-state index contributed by atoms with van der Waals surface area (Å²) < 4.78 is 2.13. The summed E-state index contributed by atoms with van der Waals surface area (Å²) in [7, 11) is 0. The SMILES string of the molecule is O=C1CCC(C(=O)Nc2ccccc2-c2cn3c(n2)SCC3)N1. The average Bonchev–Trinajstić information content (AvgIpc) is 3.23. The summed E-state index contributed by atoms with van der Waals surface area (Å²) in [5.41, 5.74) is 2.48. The summed E-state index contributed by atoms with van der Waals surface area (Å²) >= 11 is 1.74. The number of aryl methyl sites for hydroxylation is 1. The van der Waals surface area contributed by atoms with E-state index in [0.717, 1.165) is 34.4 Å². The van der Waals surface area contributed by atoms with Crippen LogP contribution in [-0.4, -0.2) is 33.2 Å². The van der Waals surface area contributed by atoms with E-state index >= 15 is 0 Å². The number of thioether (sulfide) groups is 1. The zero-order valence-electron chi connectivity index (χ0n) is 12.4. The van der Waals surface area contributed by atoms with Crippen molar-refractivity contribution in [1.29, 1.82) is 0 Å². The lowest BCUT2D eigenvalue weighted by Gasteiger charge is -2.13. The van der Waals surface area contributed by atoms with Crippen molar-refractivity contribution >= 4 is 29.3 Å². The Morgan fingerprint density at radius 3 is 3.04 bits per heavy atom. The quantitative estimate of drug-likeness (QED) is 0.902. The third-order valence-electron chi connectivity index (χ3n) is 4.08. The fourth-order valence-electron chi connectivity index (χ4n) is 2.89. The molecular formula is C16H16N4O2S. The summed E-state index contributed by atoms with van der Waals surface area (Å²) in [5.74, 6) is 0.813. The number of carbonyl (C=O) groups is 2. The van der Waals surface area contributed by atoms with Crippen LogP contribution in [0.2, 0.25) is 0 Å². The van der Waals surface area contributed by atoms with E-state index < -0.39 is 6.04 Å². The first-order chi connectivity index (χ1) is 11.2. The predicted octanol–water partition coefficient (Wildman–Crippen LogP) is 1.87. The molecule has 1 atom stereocenters. The van der Waals surface area contributed by atoms with Crippen molar-refractivity contribution in [2.24, 2.45) is 0 Å². The first-order valence-electron chi connectivity index (χ1n) is 7.60. The van der Waals surface area contributed by atoms with Gasteiger partial charge in [-0.05, 0) is 12.5 Å².